The minimum Gasteiger partial charge on any atom is -0.476 e. The number of hydrogen-bond acceptors (Lipinski definition) is 6. The summed E-state index contributed by atoms with van der Waals surface area (Å²) < 4.78 is 1.55. The predicted octanol–water partition coefficient (Wildman–Crippen LogP) is 2.42. The van der Waals surface area contributed by atoms with Gasteiger partial charge in [-0.2, -0.15) is 0 Å². The first-order valence-corrected chi connectivity index (χ1v) is 9.56. The Labute approximate surface area is 155 Å². The van der Waals surface area contributed by atoms with Crippen LogP contribution in [0, 0.1) is 12.8 Å². The smallest absolute Gasteiger partial charge is 0.358 e. The van der Waals surface area contributed by atoms with Gasteiger partial charge in [0.2, 0.25) is 0 Å². The van der Waals surface area contributed by atoms with Crippen LogP contribution in [0.1, 0.15) is 63.5 Å². The van der Waals surface area contributed by atoms with Crippen LogP contribution in [0.15, 0.2) is 6.20 Å². The van der Waals surface area contributed by atoms with E-state index in [2.05, 4.69) is 29.1 Å². The number of amides is 1. The minimum absolute atomic E-state index is 0.0430. The van der Waals surface area contributed by atoms with Crippen molar-refractivity contribution in [3.8, 4) is 0 Å². The number of carboxylic acid groups (broad SMARTS) is 1. The van der Waals surface area contributed by atoms with Crippen LogP contribution in [0.3, 0.4) is 0 Å². The molecule has 0 radical (unpaired) electrons. The number of nitrogens with zero attached hydrogens (tertiary/aromatic N) is 5. The molecule has 1 N–H and O–H groups in total. The van der Waals surface area contributed by atoms with E-state index in [9.17, 15) is 9.59 Å². The number of hydrogen-bond donors (Lipinski definition) is 1. The van der Waals surface area contributed by atoms with Crippen LogP contribution in [-0.4, -0.2) is 55.0 Å². The number of carboxylic acids is 1. The van der Waals surface area contributed by atoms with E-state index in [1.165, 1.54) is 17.5 Å². The van der Waals surface area contributed by atoms with Crippen molar-refractivity contribution >= 4 is 23.2 Å². The lowest BCUT2D eigenvalue weighted by Gasteiger charge is -2.32. The monoisotopic (exact) mass is 377 g/mol. The predicted molar refractivity (Wildman–Crippen MR) is 96.5 cm³/mol. The summed E-state index contributed by atoms with van der Waals surface area (Å²) in [7, 11) is 0. The number of likely N-dealkylation sites (tertiary alicyclic amines) is 1. The van der Waals surface area contributed by atoms with Gasteiger partial charge in [-0.1, -0.05) is 19.1 Å². The number of aromatic nitrogens is 4. The zero-order valence-corrected chi connectivity index (χ0v) is 16.0. The third kappa shape index (κ3) is 3.92. The fourth-order valence-corrected chi connectivity index (χ4v) is 4.19. The van der Waals surface area contributed by atoms with Gasteiger partial charge >= 0.3 is 5.97 Å². The Morgan fingerprint density at radius 3 is 2.81 bits per heavy atom. The first-order valence-electron chi connectivity index (χ1n) is 8.75. The average molecular weight is 377 g/mol. The van der Waals surface area contributed by atoms with Gasteiger partial charge < -0.3 is 10.0 Å². The average Bonchev–Trinajstić information content (AvgIpc) is 3.21. The molecule has 1 atom stereocenters. The molecule has 1 saturated heterocycles. The first kappa shape index (κ1) is 18.5. The van der Waals surface area contributed by atoms with E-state index in [-0.39, 0.29) is 17.5 Å². The summed E-state index contributed by atoms with van der Waals surface area (Å²) in [5.74, 6) is -0.501. The Balaban J connectivity index is 1.67. The zero-order valence-electron chi connectivity index (χ0n) is 15.2. The summed E-state index contributed by atoms with van der Waals surface area (Å²) in [6.45, 7) is 7.97. The largest absolute Gasteiger partial charge is 0.476 e. The zero-order chi connectivity index (χ0) is 18.8. The van der Waals surface area contributed by atoms with Gasteiger partial charge in [-0.25, -0.2) is 9.78 Å². The number of thiazole rings is 1. The Morgan fingerprint density at radius 1 is 1.42 bits per heavy atom. The molecule has 0 aromatic carbocycles. The van der Waals surface area contributed by atoms with Gasteiger partial charge in [-0.3, -0.25) is 9.48 Å². The molecule has 0 bridgehead atoms. The Morgan fingerprint density at radius 2 is 2.19 bits per heavy atom. The quantitative estimate of drug-likeness (QED) is 0.859. The summed E-state index contributed by atoms with van der Waals surface area (Å²) in [6.07, 6.45) is 3.34. The second-order valence-electron chi connectivity index (χ2n) is 7.01. The number of rotatable bonds is 5. The highest BCUT2D eigenvalue weighted by atomic mass is 32.1. The SMILES string of the molecule is Cc1nc(C(C)C)sc1C(=O)N1CCCC(Cn2cc(C(=O)O)nn2)C1. The van der Waals surface area contributed by atoms with Crippen LogP contribution in [0.25, 0.3) is 0 Å². The highest BCUT2D eigenvalue weighted by Crippen LogP contribution is 2.27. The number of piperidine rings is 1. The molecule has 1 unspecified atom stereocenters. The van der Waals surface area contributed by atoms with Gasteiger partial charge in [0.05, 0.1) is 16.9 Å². The summed E-state index contributed by atoms with van der Waals surface area (Å²) in [4.78, 5) is 31.0. The van der Waals surface area contributed by atoms with E-state index < -0.39 is 5.97 Å². The maximum atomic E-state index is 12.9. The molecule has 0 spiro atoms. The molecule has 140 valence electrons. The highest BCUT2D eigenvalue weighted by Gasteiger charge is 2.28. The molecular weight excluding hydrogens is 354 g/mol. The third-order valence-electron chi connectivity index (χ3n) is 4.51. The summed E-state index contributed by atoms with van der Waals surface area (Å²) in [5, 5.41) is 17.4. The molecule has 2 aromatic rings. The van der Waals surface area contributed by atoms with Crippen LogP contribution in [0.2, 0.25) is 0 Å². The number of carbonyl (C=O) groups excluding carboxylic acids is 1. The molecular formula is C17H23N5O3S. The first-order chi connectivity index (χ1) is 12.3. The van der Waals surface area contributed by atoms with Gasteiger partial charge in [-0.05, 0) is 25.7 Å². The van der Waals surface area contributed by atoms with Gasteiger partial charge in [0.1, 0.15) is 4.88 Å². The molecule has 3 rings (SSSR count). The lowest BCUT2D eigenvalue weighted by atomic mass is 9.98. The lowest BCUT2D eigenvalue weighted by molar-refractivity contribution is 0.0662. The molecule has 1 aliphatic rings. The molecule has 2 aromatic heterocycles. The van der Waals surface area contributed by atoms with Crippen LogP contribution in [0.4, 0.5) is 0 Å². The van der Waals surface area contributed by atoms with E-state index in [1.807, 2.05) is 11.8 Å². The molecule has 1 aliphatic heterocycles. The van der Waals surface area contributed by atoms with E-state index in [1.54, 1.807) is 4.68 Å². The third-order valence-corrected chi connectivity index (χ3v) is 5.96. The van der Waals surface area contributed by atoms with Crippen LogP contribution in [-0.2, 0) is 6.54 Å². The van der Waals surface area contributed by atoms with E-state index >= 15 is 0 Å². The lowest BCUT2D eigenvalue weighted by Crippen LogP contribution is -2.41. The van der Waals surface area contributed by atoms with Gasteiger partial charge in [0.15, 0.2) is 5.69 Å². The van der Waals surface area contributed by atoms with E-state index in [4.69, 9.17) is 5.11 Å². The van der Waals surface area contributed by atoms with Crippen molar-refractivity contribution in [2.24, 2.45) is 5.92 Å². The van der Waals surface area contributed by atoms with Crippen LogP contribution in [0.5, 0.6) is 0 Å². The van der Waals surface area contributed by atoms with Crippen molar-refractivity contribution < 1.29 is 14.7 Å². The molecule has 8 nitrogen and oxygen atoms in total. The van der Waals surface area contributed by atoms with Gasteiger partial charge in [0, 0.05) is 25.6 Å². The summed E-state index contributed by atoms with van der Waals surface area (Å²) in [5.41, 5.74) is 0.739. The molecule has 0 saturated carbocycles. The maximum Gasteiger partial charge on any atom is 0.358 e. The normalized spacial score (nSPS) is 17.7. The van der Waals surface area contributed by atoms with Gasteiger partial charge in [-0.15, -0.1) is 16.4 Å². The van der Waals surface area contributed by atoms with Crippen molar-refractivity contribution in [1.82, 2.24) is 24.9 Å². The van der Waals surface area contributed by atoms with Crippen molar-refractivity contribution in [2.45, 2.75) is 46.1 Å². The van der Waals surface area contributed by atoms with Gasteiger partial charge in [0.25, 0.3) is 5.91 Å². The number of aryl methyl sites for hydroxylation is 1. The maximum absolute atomic E-state index is 12.9. The second-order valence-corrected chi connectivity index (χ2v) is 8.04. The summed E-state index contributed by atoms with van der Waals surface area (Å²) in [6, 6.07) is 0. The molecule has 3 heterocycles. The standard InChI is InChI=1S/C17H23N5O3S/c1-10(2)15-18-11(3)14(26-15)16(23)21-6-4-5-12(7-21)8-22-9-13(17(24)25)19-20-22/h9-10,12H,4-8H2,1-3H3,(H,24,25). The summed E-state index contributed by atoms with van der Waals surface area (Å²) >= 11 is 1.49. The van der Waals surface area contributed by atoms with Crippen molar-refractivity contribution in [2.75, 3.05) is 13.1 Å². The van der Waals surface area contributed by atoms with Crippen LogP contribution < -0.4 is 0 Å². The Kier molecular flexibility index (Phi) is 5.36. The van der Waals surface area contributed by atoms with E-state index in [0.29, 0.717) is 19.0 Å². The highest BCUT2D eigenvalue weighted by molar-refractivity contribution is 7.13. The molecule has 9 heteroatoms. The fourth-order valence-electron chi connectivity index (χ4n) is 3.15. The van der Waals surface area contributed by atoms with Crippen molar-refractivity contribution in [3.63, 3.8) is 0 Å². The Hall–Kier alpha value is -2.29. The number of aromatic carboxylic acids is 1. The second kappa shape index (κ2) is 7.53. The Bertz CT molecular complexity index is 813. The topological polar surface area (TPSA) is 101 Å². The van der Waals surface area contributed by atoms with Crippen LogP contribution >= 0.6 is 11.3 Å². The fraction of sp³-hybridized carbons (Fsp3) is 0.588. The molecule has 1 amide bonds. The minimum atomic E-state index is -1.08. The molecule has 26 heavy (non-hydrogen) atoms. The van der Waals surface area contributed by atoms with Crippen molar-refractivity contribution in [1.29, 1.82) is 0 Å². The van der Waals surface area contributed by atoms with Crippen molar-refractivity contribution in [3.05, 3.63) is 27.5 Å². The molecule has 0 aliphatic carbocycles. The molecule has 1 fully saturated rings. The number of carbonyl (C=O) groups is 2. The van der Waals surface area contributed by atoms with E-state index in [0.717, 1.165) is 35.0 Å².